The zero-order valence-electron chi connectivity index (χ0n) is 8.76. The van der Waals surface area contributed by atoms with Crippen molar-refractivity contribution in [1.82, 2.24) is 4.98 Å². The van der Waals surface area contributed by atoms with E-state index in [-0.39, 0.29) is 5.69 Å². The number of pyridine rings is 2. The molecular formula is C10H10N4O3. The van der Waals surface area contributed by atoms with Crippen molar-refractivity contribution in [3.63, 3.8) is 0 Å². The molecule has 0 unspecified atom stereocenters. The number of nitrogens with zero attached hydrogens (tertiary/aromatic N) is 3. The van der Waals surface area contributed by atoms with Gasteiger partial charge in [-0.15, -0.1) is 0 Å². The topological polar surface area (TPSA) is 109 Å². The number of rotatable bonds is 1. The first-order valence-electron chi connectivity index (χ1n) is 4.58. The van der Waals surface area contributed by atoms with Crippen LogP contribution in [0.25, 0.3) is 0 Å². The summed E-state index contributed by atoms with van der Waals surface area (Å²) in [5.41, 5.74) is 6.00. The summed E-state index contributed by atoms with van der Waals surface area (Å²) in [4.78, 5) is 13.2. The second kappa shape index (κ2) is 6.01. The Morgan fingerprint density at radius 3 is 2.06 bits per heavy atom. The molecule has 88 valence electrons. The van der Waals surface area contributed by atoms with Gasteiger partial charge in [-0.2, -0.15) is 4.73 Å². The molecule has 2 N–H and O–H groups in total. The normalized spacial score (nSPS) is 8.94. The van der Waals surface area contributed by atoms with E-state index in [0.29, 0.717) is 4.73 Å². The molecule has 0 atom stereocenters. The van der Waals surface area contributed by atoms with E-state index >= 15 is 0 Å². The average molecular weight is 234 g/mol. The van der Waals surface area contributed by atoms with Crippen molar-refractivity contribution in [1.29, 1.82) is 0 Å². The highest BCUT2D eigenvalue weighted by Crippen LogP contribution is 2.04. The number of hydrogen-bond donors (Lipinski definition) is 1. The van der Waals surface area contributed by atoms with Crippen LogP contribution in [0.3, 0.4) is 0 Å². The molecule has 2 heterocycles. The summed E-state index contributed by atoms with van der Waals surface area (Å²) in [5, 5.41) is 20.3. The van der Waals surface area contributed by atoms with Crippen LogP contribution in [-0.2, 0) is 0 Å². The lowest BCUT2D eigenvalue weighted by Crippen LogP contribution is -2.23. The van der Waals surface area contributed by atoms with Crippen LogP contribution in [0, 0.1) is 15.3 Å². The fourth-order valence-electron chi connectivity index (χ4n) is 0.890. The largest absolute Gasteiger partial charge is 0.619 e. The second-order valence-corrected chi connectivity index (χ2v) is 2.95. The molecular weight excluding hydrogens is 224 g/mol. The van der Waals surface area contributed by atoms with Gasteiger partial charge in [0, 0.05) is 18.1 Å². The van der Waals surface area contributed by atoms with E-state index in [1.807, 2.05) is 0 Å². The van der Waals surface area contributed by atoms with Crippen LogP contribution in [0.1, 0.15) is 0 Å². The van der Waals surface area contributed by atoms with Crippen molar-refractivity contribution < 1.29 is 9.65 Å². The van der Waals surface area contributed by atoms with Gasteiger partial charge >= 0.3 is 0 Å². The second-order valence-electron chi connectivity index (χ2n) is 2.95. The summed E-state index contributed by atoms with van der Waals surface area (Å²) < 4.78 is 0.493. The van der Waals surface area contributed by atoms with Crippen LogP contribution in [0.15, 0.2) is 49.1 Å². The first kappa shape index (κ1) is 12.4. The van der Waals surface area contributed by atoms with E-state index in [2.05, 4.69) is 4.98 Å². The van der Waals surface area contributed by atoms with Gasteiger partial charge < -0.3 is 10.9 Å². The van der Waals surface area contributed by atoms with Crippen molar-refractivity contribution >= 4 is 11.4 Å². The predicted molar refractivity (Wildman–Crippen MR) is 60.7 cm³/mol. The van der Waals surface area contributed by atoms with E-state index in [4.69, 9.17) is 5.73 Å². The van der Waals surface area contributed by atoms with Gasteiger partial charge in [-0.25, -0.2) is 0 Å². The molecule has 7 heteroatoms. The van der Waals surface area contributed by atoms with Gasteiger partial charge in [0.1, 0.15) is 0 Å². The number of hydrogen-bond acceptors (Lipinski definition) is 5. The molecule has 2 rings (SSSR count). The zero-order chi connectivity index (χ0) is 12.7. The zero-order valence-corrected chi connectivity index (χ0v) is 8.76. The highest BCUT2D eigenvalue weighted by atomic mass is 16.6. The van der Waals surface area contributed by atoms with Gasteiger partial charge in [-0.3, -0.25) is 15.1 Å². The summed E-state index contributed by atoms with van der Waals surface area (Å²) in [7, 11) is 0. The van der Waals surface area contributed by atoms with Crippen LogP contribution < -0.4 is 10.5 Å². The minimum Gasteiger partial charge on any atom is -0.619 e. The van der Waals surface area contributed by atoms with Gasteiger partial charge in [-0.05, 0) is 12.1 Å². The van der Waals surface area contributed by atoms with Gasteiger partial charge in [0.2, 0.25) is 0 Å². The molecule has 0 saturated carbocycles. The number of nitro groups is 1. The van der Waals surface area contributed by atoms with Gasteiger partial charge in [0.05, 0.1) is 17.1 Å². The Hall–Kier alpha value is -2.70. The van der Waals surface area contributed by atoms with Gasteiger partial charge in [0.15, 0.2) is 12.4 Å². The van der Waals surface area contributed by atoms with E-state index in [9.17, 15) is 15.3 Å². The molecule has 2 aromatic heterocycles. The summed E-state index contributed by atoms with van der Waals surface area (Å²) >= 11 is 0. The lowest BCUT2D eigenvalue weighted by molar-refractivity contribution is -0.606. The maximum absolute atomic E-state index is 10.3. The molecule has 0 fully saturated rings. The predicted octanol–water partition coefficient (Wildman–Crippen LogP) is 0.892. The molecule has 0 aromatic carbocycles. The van der Waals surface area contributed by atoms with Crippen molar-refractivity contribution in [3.05, 3.63) is 64.4 Å². The number of aromatic nitrogens is 2. The molecule has 0 amide bonds. The molecule has 0 radical (unpaired) electrons. The van der Waals surface area contributed by atoms with Crippen molar-refractivity contribution in [3.8, 4) is 0 Å². The van der Waals surface area contributed by atoms with E-state index in [0.717, 1.165) is 30.2 Å². The fraction of sp³-hybridized carbons (Fsp3) is 0. The first-order valence-corrected chi connectivity index (χ1v) is 4.58. The van der Waals surface area contributed by atoms with E-state index < -0.39 is 4.92 Å². The standard InChI is InChI=1S/C5H4N2O3.C5H6N2/c8-6-3-1-5(2-4-6)7(9)10;6-5-1-3-7-4-2-5/h1-4H;1-4H,(H2,6,7). The maximum atomic E-state index is 10.3. The summed E-state index contributed by atoms with van der Waals surface area (Å²) in [5.74, 6) is 0. The lowest BCUT2D eigenvalue weighted by Gasteiger charge is -1.91. The smallest absolute Gasteiger partial charge is 0.281 e. The third-order valence-electron chi connectivity index (χ3n) is 1.70. The highest BCUT2D eigenvalue weighted by Gasteiger charge is 2.04. The molecule has 0 aliphatic rings. The molecule has 2 aromatic rings. The molecule has 0 aliphatic heterocycles. The minimum absolute atomic E-state index is 0.0768. The minimum atomic E-state index is -0.556. The fourth-order valence-corrected chi connectivity index (χ4v) is 0.890. The Balaban J connectivity index is 0.000000181. The van der Waals surface area contributed by atoms with E-state index in [1.54, 1.807) is 24.5 Å². The average Bonchev–Trinajstić information content (AvgIpc) is 2.31. The van der Waals surface area contributed by atoms with Crippen LogP contribution in [0.5, 0.6) is 0 Å². The molecule has 0 saturated heterocycles. The Morgan fingerprint density at radius 2 is 1.71 bits per heavy atom. The summed E-state index contributed by atoms with van der Waals surface area (Å²) in [6.45, 7) is 0. The Bertz CT molecular complexity index is 473. The van der Waals surface area contributed by atoms with Crippen LogP contribution in [-0.4, -0.2) is 9.91 Å². The third-order valence-corrected chi connectivity index (χ3v) is 1.70. The van der Waals surface area contributed by atoms with Crippen molar-refractivity contribution in [2.24, 2.45) is 0 Å². The highest BCUT2D eigenvalue weighted by molar-refractivity contribution is 5.33. The van der Waals surface area contributed by atoms with Crippen molar-refractivity contribution in [2.45, 2.75) is 0 Å². The molecule has 7 nitrogen and oxygen atoms in total. The van der Waals surface area contributed by atoms with E-state index in [1.165, 1.54) is 0 Å². The molecule has 17 heavy (non-hydrogen) atoms. The van der Waals surface area contributed by atoms with Gasteiger partial charge in [-0.1, -0.05) is 0 Å². The van der Waals surface area contributed by atoms with Crippen LogP contribution >= 0.6 is 0 Å². The summed E-state index contributed by atoms with van der Waals surface area (Å²) in [6, 6.07) is 5.79. The number of nitrogens with two attached hydrogens (primary N) is 1. The molecule has 0 aliphatic carbocycles. The Morgan fingerprint density at radius 1 is 1.18 bits per heavy atom. The number of nitrogen functional groups attached to an aromatic ring is 1. The maximum Gasteiger partial charge on any atom is 0.281 e. The Labute approximate surface area is 96.9 Å². The van der Waals surface area contributed by atoms with Crippen LogP contribution in [0.2, 0.25) is 0 Å². The van der Waals surface area contributed by atoms with Crippen molar-refractivity contribution in [2.75, 3.05) is 5.73 Å². The molecule has 0 bridgehead atoms. The quantitative estimate of drug-likeness (QED) is 0.341. The molecule has 0 spiro atoms. The Kier molecular flexibility index (Phi) is 4.37. The lowest BCUT2D eigenvalue weighted by atomic mass is 10.4. The summed E-state index contributed by atoms with van der Waals surface area (Å²) in [6.07, 6.45) is 5.49. The monoisotopic (exact) mass is 234 g/mol. The van der Waals surface area contributed by atoms with Gasteiger partial charge in [0.25, 0.3) is 5.69 Å². The van der Waals surface area contributed by atoms with Crippen LogP contribution in [0.4, 0.5) is 11.4 Å². The third kappa shape index (κ3) is 4.56. The number of anilines is 1. The SMILES string of the molecule is Nc1ccncc1.O=[N+]([O-])c1cc[n+]([O-])cc1. The first-order chi connectivity index (χ1) is 8.09.